The van der Waals surface area contributed by atoms with Crippen LogP contribution in [-0.4, -0.2) is 14.9 Å². The minimum Gasteiger partial charge on any atom is -0.392 e. The summed E-state index contributed by atoms with van der Waals surface area (Å²) in [5.41, 5.74) is 2.00. The monoisotopic (exact) mass is 220 g/mol. The molecule has 0 atom stereocenters. The Morgan fingerprint density at radius 3 is 2.75 bits per heavy atom. The molecular formula is C12H13FN2O. The normalized spacial score (nSPS) is 10.7. The molecule has 1 N–H and O–H groups in total. The average molecular weight is 220 g/mol. The van der Waals surface area contributed by atoms with Gasteiger partial charge in [-0.05, 0) is 18.6 Å². The fourth-order valence-corrected chi connectivity index (χ4v) is 1.75. The van der Waals surface area contributed by atoms with Gasteiger partial charge in [-0.3, -0.25) is 0 Å². The highest BCUT2D eigenvalue weighted by molar-refractivity contribution is 5.36. The third kappa shape index (κ3) is 1.72. The summed E-state index contributed by atoms with van der Waals surface area (Å²) < 4.78 is 15.1. The van der Waals surface area contributed by atoms with Gasteiger partial charge in [-0.1, -0.05) is 19.1 Å². The molecule has 0 aliphatic carbocycles. The smallest absolute Gasteiger partial charge is 0.148 e. The summed E-state index contributed by atoms with van der Waals surface area (Å²) in [7, 11) is 0. The molecule has 1 aromatic heterocycles. The molecule has 0 fully saturated rings. The summed E-state index contributed by atoms with van der Waals surface area (Å²) in [6.07, 6.45) is 2.27. The van der Waals surface area contributed by atoms with Crippen molar-refractivity contribution in [3.8, 4) is 5.69 Å². The summed E-state index contributed by atoms with van der Waals surface area (Å²) in [5, 5.41) is 13.2. The Labute approximate surface area is 93.2 Å². The van der Waals surface area contributed by atoms with Gasteiger partial charge in [-0.2, -0.15) is 5.10 Å². The first-order valence-corrected chi connectivity index (χ1v) is 5.19. The Bertz CT molecular complexity index is 494. The summed E-state index contributed by atoms with van der Waals surface area (Å²) >= 11 is 0. The zero-order chi connectivity index (χ0) is 11.5. The second-order valence-corrected chi connectivity index (χ2v) is 3.49. The number of aliphatic hydroxyl groups excluding tert-OH is 1. The molecule has 1 aromatic carbocycles. The number of benzene rings is 1. The second-order valence-electron chi connectivity index (χ2n) is 3.49. The minimum atomic E-state index is -0.315. The molecule has 2 aromatic rings. The Morgan fingerprint density at radius 1 is 1.38 bits per heavy atom. The lowest BCUT2D eigenvalue weighted by atomic mass is 10.2. The zero-order valence-corrected chi connectivity index (χ0v) is 9.02. The lowest BCUT2D eigenvalue weighted by Gasteiger charge is -2.07. The minimum absolute atomic E-state index is 0.0718. The van der Waals surface area contributed by atoms with Gasteiger partial charge in [0, 0.05) is 11.3 Å². The highest BCUT2D eigenvalue weighted by Crippen LogP contribution is 2.18. The quantitative estimate of drug-likeness (QED) is 0.859. The van der Waals surface area contributed by atoms with E-state index in [-0.39, 0.29) is 12.4 Å². The van der Waals surface area contributed by atoms with Crippen molar-refractivity contribution in [2.45, 2.75) is 20.0 Å². The number of halogens is 1. The SMILES string of the molecule is CCc1c(CO)cnn1-c1ccccc1F. The topological polar surface area (TPSA) is 38.1 Å². The van der Waals surface area contributed by atoms with Crippen LogP contribution in [0.1, 0.15) is 18.2 Å². The van der Waals surface area contributed by atoms with Crippen molar-refractivity contribution < 1.29 is 9.50 Å². The number of hydrogen-bond donors (Lipinski definition) is 1. The van der Waals surface area contributed by atoms with Crippen molar-refractivity contribution in [3.63, 3.8) is 0 Å². The Morgan fingerprint density at radius 2 is 2.12 bits per heavy atom. The van der Waals surface area contributed by atoms with Crippen molar-refractivity contribution in [1.29, 1.82) is 0 Å². The van der Waals surface area contributed by atoms with Gasteiger partial charge in [-0.25, -0.2) is 9.07 Å². The van der Waals surface area contributed by atoms with Gasteiger partial charge >= 0.3 is 0 Å². The molecule has 0 aliphatic rings. The van der Waals surface area contributed by atoms with Crippen LogP contribution in [0.15, 0.2) is 30.5 Å². The lowest BCUT2D eigenvalue weighted by Crippen LogP contribution is -2.04. The van der Waals surface area contributed by atoms with Crippen LogP contribution >= 0.6 is 0 Å². The van der Waals surface area contributed by atoms with E-state index >= 15 is 0 Å². The molecule has 2 rings (SSSR count). The molecule has 4 heteroatoms. The highest BCUT2D eigenvalue weighted by atomic mass is 19.1. The van der Waals surface area contributed by atoms with Crippen molar-refractivity contribution in [3.05, 3.63) is 47.5 Å². The lowest BCUT2D eigenvalue weighted by molar-refractivity contribution is 0.280. The number of rotatable bonds is 3. The third-order valence-corrected chi connectivity index (χ3v) is 2.54. The Balaban J connectivity index is 2.56. The molecule has 0 saturated heterocycles. The molecule has 16 heavy (non-hydrogen) atoms. The van der Waals surface area contributed by atoms with Crippen LogP contribution in [0, 0.1) is 5.82 Å². The van der Waals surface area contributed by atoms with Gasteiger partial charge in [0.1, 0.15) is 11.5 Å². The largest absolute Gasteiger partial charge is 0.392 e. The predicted octanol–water partition coefficient (Wildman–Crippen LogP) is 2.07. The van der Waals surface area contributed by atoms with Crippen LogP contribution in [0.5, 0.6) is 0 Å². The molecule has 0 radical (unpaired) electrons. The standard InChI is InChI=1S/C12H13FN2O/c1-2-11-9(8-16)7-14-15(11)12-6-4-3-5-10(12)13/h3-7,16H,2,8H2,1H3. The first kappa shape index (κ1) is 10.8. The van der Waals surface area contributed by atoms with E-state index < -0.39 is 0 Å². The van der Waals surface area contributed by atoms with Gasteiger partial charge in [0.25, 0.3) is 0 Å². The van der Waals surface area contributed by atoms with Gasteiger partial charge in [0.2, 0.25) is 0 Å². The van der Waals surface area contributed by atoms with Crippen LogP contribution < -0.4 is 0 Å². The van der Waals surface area contributed by atoms with E-state index in [1.165, 1.54) is 6.07 Å². The number of aromatic nitrogens is 2. The van der Waals surface area contributed by atoms with Crippen LogP contribution in [0.25, 0.3) is 5.69 Å². The first-order valence-electron chi connectivity index (χ1n) is 5.19. The van der Waals surface area contributed by atoms with E-state index in [1.807, 2.05) is 6.92 Å². The summed E-state index contributed by atoms with van der Waals surface area (Å²) in [6, 6.07) is 6.47. The molecule has 0 saturated carbocycles. The molecule has 0 bridgehead atoms. The number of para-hydroxylation sites is 1. The highest BCUT2D eigenvalue weighted by Gasteiger charge is 2.12. The maximum Gasteiger partial charge on any atom is 0.148 e. The van der Waals surface area contributed by atoms with Gasteiger partial charge in [-0.15, -0.1) is 0 Å². The van der Waals surface area contributed by atoms with Crippen LogP contribution in [-0.2, 0) is 13.0 Å². The molecular weight excluding hydrogens is 207 g/mol. The molecule has 0 aliphatic heterocycles. The van der Waals surface area contributed by atoms with Crippen molar-refractivity contribution in [2.24, 2.45) is 0 Å². The van der Waals surface area contributed by atoms with Gasteiger partial charge in [0.05, 0.1) is 12.8 Å². The van der Waals surface area contributed by atoms with Crippen LogP contribution in [0.4, 0.5) is 4.39 Å². The average Bonchev–Trinajstić information content (AvgIpc) is 2.72. The Hall–Kier alpha value is -1.68. The molecule has 1 heterocycles. The molecule has 3 nitrogen and oxygen atoms in total. The molecule has 84 valence electrons. The fourth-order valence-electron chi connectivity index (χ4n) is 1.75. The summed E-state index contributed by atoms with van der Waals surface area (Å²) in [6.45, 7) is 1.88. The molecule has 0 spiro atoms. The van der Waals surface area contributed by atoms with E-state index in [0.29, 0.717) is 12.1 Å². The summed E-state index contributed by atoms with van der Waals surface area (Å²) in [5.74, 6) is -0.315. The van der Waals surface area contributed by atoms with Gasteiger partial charge < -0.3 is 5.11 Å². The fraction of sp³-hybridized carbons (Fsp3) is 0.250. The van der Waals surface area contributed by atoms with E-state index in [1.54, 1.807) is 29.1 Å². The molecule has 0 amide bonds. The van der Waals surface area contributed by atoms with Crippen molar-refractivity contribution in [2.75, 3.05) is 0 Å². The van der Waals surface area contributed by atoms with E-state index in [0.717, 1.165) is 11.3 Å². The van der Waals surface area contributed by atoms with Gasteiger partial charge in [0.15, 0.2) is 0 Å². The third-order valence-electron chi connectivity index (χ3n) is 2.54. The van der Waals surface area contributed by atoms with Crippen LogP contribution in [0.3, 0.4) is 0 Å². The van der Waals surface area contributed by atoms with E-state index in [4.69, 9.17) is 5.11 Å². The summed E-state index contributed by atoms with van der Waals surface area (Å²) in [4.78, 5) is 0. The number of hydrogen-bond acceptors (Lipinski definition) is 2. The van der Waals surface area contributed by atoms with Crippen molar-refractivity contribution in [1.82, 2.24) is 9.78 Å². The van der Waals surface area contributed by atoms with Crippen molar-refractivity contribution >= 4 is 0 Å². The maximum atomic E-state index is 13.6. The van der Waals surface area contributed by atoms with Crippen LogP contribution in [0.2, 0.25) is 0 Å². The predicted molar refractivity (Wildman–Crippen MR) is 58.8 cm³/mol. The van der Waals surface area contributed by atoms with E-state index in [2.05, 4.69) is 5.10 Å². The van der Waals surface area contributed by atoms with E-state index in [9.17, 15) is 4.39 Å². The Kier molecular flexibility index (Phi) is 3.01. The molecule has 0 unspecified atom stereocenters. The maximum absolute atomic E-state index is 13.6. The first-order chi connectivity index (χ1) is 7.77. The second kappa shape index (κ2) is 4.45. The number of nitrogens with zero attached hydrogens (tertiary/aromatic N) is 2. The number of aliphatic hydroxyl groups is 1. The zero-order valence-electron chi connectivity index (χ0n) is 9.02.